The van der Waals surface area contributed by atoms with E-state index in [4.69, 9.17) is 9.47 Å². The first-order chi connectivity index (χ1) is 16.8. The number of benzene rings is 2. The fourth-order valence-electron chi connectivity index (χ4n) is 3.73. The number of nitrogens with zero attached hydrogens (tertiary/aromatic N) is 1. The van der Waals surface area contributed by atoms with Crippen LogP contribution in [0.2, 0.25) is 0 Å². The lowest BCUT2D eigenvalue weighted by Gasteiger charge is -2.17. The third-order valence-electron chi connectivity index (χ3n) is 5.48. The zero-order chi connectivity index (χ0) is 25.0. The van der Waals surface area contributed by atoms with Gasteiger partial charge < -0.3 is 14.8 Å². The number of rotatable bonds is 8. The minimum atomic E-state index is -3.87. The van der Waals surface area contributed by atoms with E-state index in [1.165, 1.54) is 32.5 Å². The van der Waals surface area contributed by atoms with Gasteiger partial charge in [0.05, 0.1) is 30.4 Å². The van der Waals surface area contributed by atoms with Gasteiger partial charge in [0.25, 0.3) is 0 Å². The molecule has 0 saturated heterocycles. The van der Waals surface area contributed by atoms with E-state index in [-0.39, 0.29) is 16.5 Å². The summed E-state index contributed by atoms with van der Waals surface area (Å²) in [5.41, 5.74) is 3.17. The Labute approximate surface area is 208 Å². The number of hydrogen-bond donors (Lipinski definition) is 1. The summed E-state index contributed by atoms with van der Waals surface area (Å²) in [7, 11) is -1.02. The van der Waals surface area contributed by atoms with E-state index < -0.39 is 15.8 Å². The molecule has 4 rings (SSSR count). The number of ether oxygens (including phenoxy) is 2. The van der Waals surface area contributed by atoms with Crippen molar-refractivity contribution in [2.75, 3.05) is 19.5 Å². The van der Waals surface area contributed by atoms with Crippen LogP contribution in [0.3, 0.4) is 0 Å². The fourth-order valence-corrected chi connectivity index (χ4v) is 5.85. The molecule has 2 aromatic heterocycles. The second-order valence-electron chi connectivity index (χ2n) is 7.68. The van der Waals surface area contributed by atoms with Crippen LogP contribution in [0.15, 0.2) is 82.2 Å². The molecule has 2 heterocycles. The molecule has 9 heteroatoms. The molecule has 0 amide bonds. The number of nitrogens with one attached hydrogen (secondary N) is 1. The Kier molecular flexibility index (Phi) is 7.18. The van der Waals surface area contributed by atoms with Crippen molar-refractivity contribution in [3.8, 4) is 16.2 Å². The van der Waals surface area contributed by atoms with Crippen LogP contribution in [-0.2, 0) is 21.1 Å². The fraction of sp³-hybridized carbons (Fsp3) is 0.154. The molecule has 0 aliphatic rings. The van der Waals surface area contributed by atoms with Gasteiger partial charge in [-0.3, -0.25) is 0 Å². The Bertz CT molecular complexity index is 1450. The average molecular weight is 509 g/mol. The molecular formula is C26H24N2O5S2. The van der Waals surface area contributed by atoms with Gasteiger partial charge in [0.1, 0.15) is 5.75 Å². The highest BCUT2D eigenvalue weighted by Gasteiger charge is 2.24. The van der Waals surface area contributed by atoms with Crippen LogP contribution in [0, 0.1) is 6.92 Å². The van der Waals surface area contributed by atoms with E-state index in [1.807, 2.05) is 30.5 Å². The largest absolute Gasteiger partial charge is 0.497 e. The molecule has 0 atom stereocenters. The van der Waals surface area contributed by atoms with Gasteiger partial charge in [0, 0.05) is 23.2 Å². The smallest absolute Gasteiger partial charge is 0.339 e. The summed E-state index contributed by atoms with van der Waals surface area (Å²) >= 11 is 1.58. The second kappa shape index (κ2) is 10.3. The highest BCUT2D eigenvalue weighted by Crippen LogP contribution is 2.33. The molecule has 180 valence electrons. The van der Waals surface area contributed by atoms with E-state index in [2.05, 4.69) is 10.3 Å². The summed E-state index contributed by atoms with van der Waals surface area (Å²) in [4.78, 5) is 17.9. The highest BCUT2D eigenvalue weighted by atomic mass is 32.2. The predicted octanol–water partition coefficient (Wildman–Crippen LogP) is 5.36. The van der Waals surface area contributed by atoms with Crippen molar-refractivity contribution in [1.29, 1.82) is 0 Å². The van der Waals surface area contributed by atoms with E-state index in [1.54, 1.807) is 41.7 Å². The summed E-state index contributed by atoms with van der Waals surface area (Å²) in [6.45, 7) is 2.03. The lowest BCUT2D eigenvalue weighted by molar-refractivity contribution is 0.0601. The van der Waals surface area contributed by atoms with E-state index in [0.29, 0.717) is 22.6 Å². The zero-order valence-corrected chi connectivity index (χ0v) is 21.1. The molecule has 0 saturated carbocycles. The Hall–Kier alpha value is -3.69. The standard InChI is InChI=1S/C26H24N2O5S2/c1-17-14-19(23-7-5-13-34-23)15-22(26(29)33-3)24(17)28-16-18-6-4-12-27-25(18)35(30,31)21-10-8-20(32-2)9-11-21/h4-15,28H,16H2,1-3H3. The van der Waals surface area contributed by atoms with Crippen molar-refractivity contribution in [2.24, 2.45) is 0 Å². The number of carbonyl (C=O) groups is 1. The molecule has 2 aromatic carbocycles. The van der Waals surface area contributed by atoms with Gasteiger partial charge in [-0.25, -0.2) is 18.2 Å². The molecule has 0 fully saturated rings. The van der Waals surface area contributed by atoms with E-state index >= 15 is 0 Å². The van der Waals surface area contributed by atoms with Gasteiger partial charge in [-0.15, -0.1) is 11.3 Å². The van der Waals surface area contributed by atoms with Crippen LogP contribution >= 0.6 is 11.3 Å². The summed E-state index contributed by atoms with van der Waals surface area (Å²) in [5.74, 6) is 0.0786. The Morgan fingerprint density at radius 1 is 1.06 bits per heavy atom. The summed E-state index contributed by atoms with van der Waals surface area (Å²) in [6.07, 6.45) is 1.45. The van der Waals surface area contributed by atoms with Gasteiger partial charge in [-0.2, -0.15) is 0 Å². The van der Waals surface area contributed by atoms with Crippen LogP contribution in [-0.4, -0.2) is 33.6 Å². The zero-order valence-electron chi connectivity index (χ0n) is 19.4. The van der Waals surface area contributed by atoms with Crippen molar-refractivity contribution in [3.63, 3.8) is 0 Å². The molecule has 0 aliphatic heterocycles. The number of sulfone groups is 1. The van der Waals surface area contributed by atoms with Crippen LogP contribution in [0.1, 0.15) is 21.5 Å². The van der Waals surface area contributed by atoms with Gasteiger partial charge in [0.2, 0.25) is 9.84 Å². The van der Waals surface area contributed by atoms with Crippen LogP contribution in [0.4, 0.5) is 5.69 Å². The van der Waals surface area contributed by atoms with E-state index in [9.17, 15) is 13.2 Å². The molecule has 0 unspecified atom stereocenters. The molecule has 7 nitrogen and oxygen atoms in total. The van der Waals surface area contributed by atoms with Crippen LogP contribution in [0.5, 0.6) is 5.75 Å². The molecule has 1 N–H and O–H groups in total. The number of pyridine rings is 1. The molecular weight excluding hydrogens is 484 g/mol. The molecule has 0 bridgehead atoms. The van der Waals surface area contributed by atoms with E-state index in [0.717, 1.165) is 16.0 Å². The first-order valence-corrected chi connectivity index (χ1v) is 13.0. The van der Waals surface area contributed by atoms with Gasteiger partial charge in [-0.1, -0.05) is 12.1 Å². The lowest BCUT2D eigenvalue weighted by Crippen LogP contribution is -2.13. The van der Waals surface area contributed by atoms with Gasteiger partial charge in [0.15, 0.2) is 5.03 Å². The predicted molar refractivity (Wildman–Crippen MR) is 136 cm³/mol. The molecule has 0 radical (unpaired) electrons. The van der Waals surface area contributed by atoms with Crippen molar-refractivity contribution >= 4 is 32.8 Å². The maximum Gasteiger partial charge on any atom is 0.339 e. The SMILES string of the molecule is COC(=O)c1cc(-c2cccs2)cc(C)c1NCc1cccnc1S(=O)(=O)c1ccc(OC)cc1. The molecule has 0 aliphatic carbocycles. The Morgan fingerprint density at radius 3 is 2.49 bits per heavy atom. The number of thiophene rings is 1. The summed E-state index contributed by atoms with van der Waals surface area (Å²) < 4.78 is 36.8. The maximum absolute atomic E-state index is 13.3. The molecule has 35 heavy (non-hydrogen) atoms. The number of esters is 1. The molecule has 4 aromatic rings. The first kappa shape index (κ1) is 24.4. The first-order valence-electron chi connectivity index (χ1n) is 10.7. The van der Waals surface area contributed by atoms with Gasteiger partial charge >= 0.3 is 5.97 Å². The lowest BCUT2D eigenvalue weighted by atomic mass is 10.0. The summed E-state index contributed by atoms with van der Waals surface area (Å²) in [5, 5.41) is 5.17. The minimum absolute atomic E-state index is 0.0508. The second-order valence-corrected chi connectivity index (χ2v) is 10.5. The summed E-state index contributed by atoms with van der Waals surface area (Å²) in [6, 6.07) is 17.2. The number of aromatic nitrogens is 1. The topological polar surface area (TPSA) is 94.6 Å². The normalized spacial score (nSPS) is 11.2. The maximum atomic E-state index is 13.3. The van der Waals surface area contributed by atoms with Crippen molar-refractivity contribution in [1.82, 2.24) is 4.98 Å². The number of carbonyl (C=O) groups excluding carboxylic acids is 1. The van der Waals surface area contributed by atoms with Crippen molar-refractivity contribution in [3.05, 3.63) is 88.9 Å². The number of hydrogen-bond acceptors (Lipinski definition) is 8. The van der Waals surface area contributed by atoms with Crippen LogP contribution < -0.4 is 10.1 Å². The third kappa shape index (κ3) is 5.06. The quantitative estimate of drug-likeness (QED) is 0.320. The monoisotopic (exact) mass is 508 g/mol. The highest BCUT2D eigenvalue weighted by molar-refractivity contribution is 7.91. The number of anilines is 1. The van der Waals surface area contributed by atoms with Gasteiger partial charge in [-0.05, 0) is 72.0 Å². The number of methoxy groups -OCH3 is 2. The number of aryl methyl sites for hydroxylation is 1. The average Bonchev–Trinajstić information content (AvgIpc) is 3.42. The van der Waals surface area contributed by atoms with Crippen LogP contribution in [0.25, 0.3) is 10.4 Å². The van der Waals surface area contributed by atoms with Crippen molar-refractivity contribution < 1.29 is 22.7 Å². The Balaban J connectivity index is 1.68. The molecule has 0 spiro atoms. The third-order valence-corrected chi connectivity index (χ3v) is 8.16. The minimum Gasteiger partial charge on any atom is -0.497 e. The Morgan fingerprint density at radius 2 is 1.83 bits per heavy atom. The van der Waals surface area contributed by atoms with Crippen molar-refractivity contribution in [2.45, 2.75) is 23.4 Å².